The molecule has 0 saturated carbocycles. The first-order chi connectivity index (χ1) is 12.9. The largest absolute Gasteiger partial charge is 0.478 e. The third-order valence-electron chi connectivity index (χ3n) is 3.49. The summed E-state index contributed by atoms with van der Waals surface area (Å²) in [7, 11) is 0. The van der Waals surface area contributed by atoms with E-state index < -0.39 is 35.1 Å². The Labute approximate surface area is 164 Å². The smallest absolute Gasteiger partial charge is 0.434 e. The summed E-state index contributed by atoms with van der Waals surface area (Å²) in [6.07, 6.45) is -9.12. The Balaban J connectivity index is 2.14. The van der Waals surface area contributed by atoms with Gasteiger partial charge in [-0.2, -0.15) is 31.4 Å². The van der Waals surface area contributed by atoms with Crippen molar-refractivity contribution in [2.24, 2.45) is 0 Å². The van der Waals surface area contributed by atoms with Crippen LogP contribution in [0.3, 0.4) is 0 Å². The highest BCUT2D eigenvalue weighted by Gasteiger charge is 2.41. The maximum atomic E-state index is 13.3. The molecule has 1 N–H and O–H groups in total. The summed E-state index contributed by atoms with van der Waals surface area (Å²) in [5.74, 6) is -1.83. The molecule has 28 heavy (non-hydrogen) atoms. The predicted octanol–water partition coefficient (Wildman–Crippen LogP) is 5.49. The van der Waals surface area contributed by atoms with Crippen molar-refractivity contribution in [3.63, 3.8) is 0 Å². The van der Waals surface area contributed by atoms with Gasteiger partial charge in [0.2, 0.25) is 5.13 Å². The van der Waals surface area contributed by atoms with Crippen molar-refractivity contribution in [2.45, 2.75) is 12.4 Å². The molecule has 0 aliphatic heterocycles. The molecule has 3 rings (SSSR count). The Morgan fingerprint density at radius 2 is 1.82 bits per heavy atom. The second-order valence-electron chi connectivity index (χ2n) is 5.32. The molecule has 0 fully saturated rings. The number of thiazole rings is 1. The van der Waals surface area contributed by atoms with Crippen LogP contribution in [-0.2, 0) is 12.4 Å². The van der Waals surface area contributed by atoms with Gasteiger partial charge in [0, 0.05) is 5.56 Å². The summed E-state index contributed by atoms with van der Waals surface area (Å²) in [6.45, 7) is 0. The SMILES string of the molecule is O=C(O)c1cnn(-c2nc(-c3cccc(C(F)(F)F)c3)c(Br)s2)c1C(F)(F)F. The van der Waals surface area contributed by atoms with E-state index in [-0.39, 0.29) is 20.2 Å². The van der Waals surface area contributed by atoms with Crippen molar-refractivity contribution in [1.29, 1.82) is 0 Å². The van der Waals surface area contributed by atoms with E-state index in [4.69, 9.17) is 5.11 Å². The van der Waals surface area contributed by atoms with Gasteiger partial charge >= 0.3 is 18.3 Å². The standard InChI is InChI=1S/C15H6BrF6N3O2S/c16-11-9(6-2-1-3-7(4-6)14(17,18)19)24-13(28-11)25-10(15(20,21)22)8(5-23-25)12(26)27/h1-5H,(H,26,27). The monoisotopic (exact) mass is 485 g/mol. The Kier molecular flexibility index (Phi) is 5.00. The van der Waals surface area contributed by atoms with E-state index in [0.29, 0.717) is 22.2 Å². The third-order valence-corrected chi connectivity index (χ3v) is 5.17. The molecule has 0 atom stereocenters. The normalized spacial score (nSPS) is 12.4. The van der Waals surface area contributed by atoms with Crippen LogP contribution in [-0.4, -0.2) is 25.8 Å². The molecule has 1 aromatic carbocycles. The van der Waals surface area contributed by atoms with Crippen molar-refractivity contribution >= 4 is 33.2 Å². The van der Waals surface area contributed by atoms with Crippen molar-refractivity contribution < 1.29 is 36.2 Å². The van der Waals surface area contributed by atoms with Gasteiger partial charge in [0.05, 0.1) is 21.2 Å². The molecule has 0 saturated heterocycles. The molecule has 0 amide bonds. The van der Waals surface area contributed by atoms with Crippen LogP contribution in [0.2, 0.25) is 0 Å². The Bertz CT molecular complexity index is 1060. The first-order valence-corrected chi connectivity index (χ1v) is 8.73. The molecular weight excluding hydrogens is 480 g/mol. The Morgan fingerprint density at radius 3 is 2.39 bits per heavy atom. The predicted molar refractivity (Wildman–Crippen MR) is 89.3 cm³/mol. The van der Waals surface area contributed by atoms with Gasteiger partial charge in [-0.05, 0) is 28.1 Å². The van der Waals surface area contributed by atoms with E-state index in [0.717, 1.165) is 18.2 Å². The van der Waals surface area contributed by atoms with Crippen LogP contribution < -0.4 is 0 Å². The summed E-state index contributed by atoms with van der Waals surface area (Å²) in [4.78, 5) is 15.0. The number of halogens is 7. The van der Waals surface area contributed by atoms with Gasteiger partial charge in [0.15, 0.2) is 5.69 Å². The fraction of sp³-hybridized carbons (Fsp3) is 0.133. The molecule has 148 valence electrons. The average molecular weight is 486 g/mol. The lowest BCUT2D eigenvalue weighted by molar-refractivity contribution is -0.143. The van der Waals surface area contributed by atoms with E-state index in [9.17, 15) is 31.1 Å². The topological polar surface area (TPSA) is 68.0 Å². The van der Waals surface area contributed by atoms with Crippen LogP contribution in [0.15, 0.2) is 34.2 Å². The number of carboxylic acid groups (broad SMARTS) is 1. The number of hydrogen-bond acceptors (Lipinski definition) is 4. The van der Waals surface area contributed by atoms with E-state index in [1.807, 2.05) is 0 Å². The Hall–Kier alpha value is -2.41. The maximum absolute atomic E-state index is 13.3. The second-order valence-corrected chi connectivity index (χ2v) is 7.61. The molecule has 0 radical (unpaired) electrons. The zero-order chi connectivity index (χ0) is 20.9. The molecule has 0 aliphatic rings. The number of hydrogen-bond donors (Lipinski definition) is 1. The number of rotatable bonds is 3. The zero-order valence-electron chi connectivity index (χ0n) is 13.1. The first-order valence-electron chi connectivity index (χ1n) is 7.12. The molecule has 3 aromatic rings. The molecule has 0 spiro atoms. The van der Waals surface area contributed by atoms with E-state index in [2.05, 4.69) is 26.0 Å². The molecule has 0 aliphatic carbocycles. The van der Waals surface area contributed by atoms with Gasteiger partial charge in [-0.25, -0.2) is 14.5 Å². The number of alkyl halides is 6. The average Bonchev–Trinajstić information content (AvgIpc) is 3.17. The van der Waals surface area contributed by atoms with Gasteiger partial charge in [-0.15, -0.1) is 0 Å². The number of nitrogens with zero attached hydrogens (tertiary/aromatic N) is 3. The van der Waals surface area contributed by atoms with Crippen LogP contribution in [0.1, 0.15) is 21.6 Å². The molecular formula is C15H6BrF6N3O2S. The second kappa shape index (κ2) is 6.88. The lowest BCUT2D eigenvalue weighted by Crippen LogP contribution is -2.17. The summed E-state index contributed by atoms with van der Waals surface area (Å²) in [6, 6.07) is 4.11. The summed E-state index contributed by atoms with van der Waals surface area (Å²) < 4.78 is 79.1. The molecule has 13 heteroatoms. The van der Waals surface area contributed by atoms with E-state index in [1.165, 1.54) is 6.07 Å². The highest BCUT2D eigenvalue weighted by Crippen LogP contribution is 2.40. The minimum absolute atomic E-state index is 0.0170. The van der Waals surface area contributed by atoms with Crippen molar-refractivity contribution in [3.05, 3.63) is 51.1 Å². The summed E-state index contributed by atoms with van der Waals surface area (Å²) in [5.41, 5.74) is -3.58. The number of aromatic nitrogens is 3. The highest BCUT2D eigenvalue weighted by molar-refractivity contribution is 9.11. The van der Waals surface area contributed by atoms with Crippen molar-refractivity contribution in [3.8, 4) is 16.4 Å². The number of carboxylic acids is 1. The summed E-state index contributed by atoms with van der Waals surface area (Å²) >= 11 is 3.74. The van der Waals surface area contributed by atoms with E-state index in [1.54, 1.807) is 0 Å². The first kappa shape index (κ1) is 20.3. The lowest BCUT2D eigenvalue weighted by atomic mass is 10.1. The fourth-order valence-corrected chi connectivity index (χ4v) is 3.86. The molecule has 0 unspecified atom stereocenters. The molecule has 2 heterocycles. The van der Waals surface area contributed by atoms with E-state index >= 15 is 0 Å². The minimum Gasteiger partial charge on any atom is -0.478 e. The third kappa shape index (κ3) is 3.76. The fourth-order valence-electron chi connectivity index (χ4n) is 2.33. The van der Waals surface area contributed by atoms with Crippen LogP contribution in [0, 0.1) is 0 Å². The number of aromatic carboxylic acids is 1. The summed E-state index contributed by atoms with van der Waals surface area (Å²) in [5, 5.41) is 12.0. The number of benzene rings is 1. The highest BCUT2D eigenvalue weighted by atomic mass is 79.9. The van der Waals surface area contributed by atoms with Crippen LogP contribution in [0.5, 0.6) is 0 Å². The van der Waals surface area contributed by atoms with Crippen LogP contribution in [0.25, 0.3) is 16.4 Å². The van der Waals surface area contributed by atoms with Crippen LogP contribution in [0.4, 0.5) is 26.3 Å². The zero-order valence-corrected chi connectivity index (χ0v) is 15.5. The minimum atomic E-state index is -5.04. The van der Waals surface area contributed by atoms with Gasteiger partial charge in [0.1, 0.15) is 5.56 Å². The quantitative estimate of drug-likeness (QED) is 0.497. The van der Waals surface area contributed by atoms with Crippen molar-refractivity contribution in [1.82, 2.24) is 14.8 Å². The lowest BCUT2D eigenvalue weighted by Gasteiger charge is -2.09. The maximum Gasteiger partial charge on any atom is 0.434 e. The van der Waals surface area contributed by atoms with Gasteiger partial charge in [0.25, 0.3) is 0 Å². The van der Waals surface area contributed by atoms with Crippen LogP contribution >= 0.6 is 27.3 Å². The molecule has 5 nitrogen and oxygen atoms in total. The number of carbonyl (C=O) groups is 1. The van der Waals surface area contributed by atoms with Crippen molar-refractivity contribution in [2.75, 3.05) is 0 Å². The molecule has 2 aromatic heterocycles. The van der Waals surface area contributed by atoms with Gasteiger partial charge in [-0.1, -0.05) is 23.5 Å². The Morgan fingerprint density at radius 1 is 1.14 bits per heavy atom. The van der Waals surface area contributed by atoms with Gasteiger partial charge in [-0.3, -0.25) is 0 Å². The molecule has 0 bridgehead atoms. The van der Waals surface area contributed by atoms with Gasteiger partial charge < -0.3 is 5.11 Å².